The van der Waals surface area contributed by atoms with E-state index in [1.165, 1.54) is 28.7 Å². The normalized spacial score (nSPS) is 15.0. The lowest BCUT2D eigenvalue weighted by Crippen LogP contribution is -2.48. The number of piperazine rings is 1. The average Bonchev–Trinajstić information content (AvgIpc) is 3.36. The molecule has 4 aromatic rings. The highest BCUT2D eigenvalue weighted by molar-refractivity contribution is 7.22. The highest BCUT2D eigenvalue weighted by atomic mass is 35.5. The van der Waals surface area contributed by atoms with Crippen molar-refractivity contribution in [3.63, 3.8) is 0 Å². The van der Waals surface area contributed by atoms with Gasteiger partial charge < -0.3 is 10.2 Å². The molecule has 1 aliphatic rings. The summed E-state index contributed by atoms with van der Waals surface area (Å²) in [4.78, 5) is 21.8. The van der Waals surface area contributed by atoms with Gasteiger partial charge in [-0.05, 0) is 12.1 Å². The lowest BCUT2D eigenvalue weighted by Gasteiger charge is -2.34. The molecule has 5 nitrogen and oxygen atoms in total. The average molecular weight is 493 g/mol. The van der Waals surface area contributed by atoms with Gasteiger partial charge in [-0.3, -0.25) is 9.69 Å². The number of anilines is 1. The molecule has 32 heavy (non-hydrogen) atoms. The predicted molar refractivity (Wildman–Crippen MR) is 127 cm³/mol. The number of thiophene rings is 1. The molecule has 2 aromatic carbocycles. The van der Waals surface area contributed by atoms with Crippen LogP contribution in [0.15, 0.2) is 36.4 Å². The van der Waals surface area contributed by atoms with E-state index in [0.717, 1.165) is 48.9 Å². The highest BCUT2D eigenvalue weighted by Crippen LogP contribution is 2.35. The van der Waals surface area contributed by atoms with Crippen LogP contribution in [0.1, 0.15) is 9.67 Å². The number of halogens is 3. The monoisotopic (exact) mass is 492 g/mol. The minimum absolute atomic E-state index is 0.154. The van der Waals surface area contributed by atoms with Crippen molar-refractivity contribution in [2.75, 3.05) is 44.2 Å². The highest BCUT2D eigenvalue weighted by Gasteiger charge is 2.22. The molecular weight excluding hydrogens is 474 g/mol. The van der Waals surface area contributed by atoms with E-state index in [0.29, 0.717) is 26.3 Å². The second-order valence-electron chi connectivity index (χ2n) is 7.56. The molecule has 1 N–H and O–H groups in total. The van der Waals surface area contributed by atoms with Crippen LogP contribution in [0.3, 0.4) is 0 Å². The molecule has 0 saturated carbocycles. The van der Waals surface area contributed by atoms with E-state index < -0.39 is 11.6 Å². The molecule has 0 spiro atoms. The molecule has 3 heterocycles. The van der Waals surface area contributed by atoms with Crippen molar-refractivity contribution in [1.82, 2.24) is 15.2 Å². The van der Waals surface area contributed by atoms with Crippen molar-refractivity contribution in [3.05, 3.63) is 57.9 Å². The molecular formula is C22H19ClF2N4OS2. The topological polar surface area (TPSA) is 48.5 Å². The third-order valence-electron chi connectivity index (χ3n) is 5.50. The molecule has 0 bridgehead atoms. The van der Waals surface area contributed by atoms with Gasteiger partial charge in [0.25, 0.3) is 5.91 Å². The molecule has 1 amide bonds. The van der Waals surface area contributed by atoms with Gasteiger partial charge in [-0.1, -0.05) is 41.1 Å². The van der Waals surface area contributed by atoms with Crippen LogP contribution in [0.2, 0.25) is 5.02 Å². The Morgan fingerprint density at radius 3 is 2.66 bits per heavy atom. The first-order chi connectivity index (χ1) is 15.5. The van der Waals surface area contributed by atoms with Gasteiger partial charge in [-0.15, -0.1) is 11.3 Å². The van der Waals surface area contributed by atoms with Crippen LogP contribution in [0, 0.1) is 11.6 Å². The second-order valence-corrected chi connectivity index (χ2v) is 10.00. The SMILES string of the molecule is O=C(NCCN1CCN(c2nc3c(F)cc(F)cc3s2)CC1)c1sc2ccccc2c1Cl. The van der Waals surface area contributed by atoms with Gasteiger partial charge in [0.1, 0.15) is 16.2 Å². The smallest absolute Gasteiger partial charge is 0.262 e. The van der Waals surface area contributed by atoms with Crippen LogP contribution >= 0.6 is 34.3 Å². The Bertz CT molecular complexity index is 1300. The van der Waals surface area contributed by atoms with Gasteiger partial charge >= 0.3 is 0 Å². The van der Waals surface area contributed by atoms with Crippen LogP contribution in [-0.2, 0) is 0 Å². The van der Waals surface area contributed by atoms with E-state index in [9.17, 15) is 13.6 Å². The van der Waals surface area contributed by atoms with Crippen LogP contribution in [0.25, 0.3) is 20.3 Å². The number of fused-ring (bicyclic) bond motifs is 2. The summed E-state index contributed by atoms with van der Waals surface area (Å²) < 4.78 is 28.9. The molecule has 1 fully saturated rings. The van der Waals surface area contributed by atoms with E-state index in [1.807, 2.05) is 24.3 Å². The quantitative estimate of drug-likeness (QED) is 0.426. The maximum atomic E-state index is 13.9. The molecule has 0 unspecified atom stereocenters. The summed E-state index contributed by atoms with van der Waals surface area (Å²) in [5.41, 5.74) is 0.219. The van der Waals surface area contributed by atoms with Crippen molar-refractivity contribution in [3.8, 4) is 0 Å². The van der Waals surface area contributed by atoms with E-state index in [4.69, 9.17) is 11.6 Å². The summed E-state index contributed by atoms with van der Waals surface area (Å²) in [6.45, 7) is 4.31. The number of carbonyl (C=O) groups is 1. The van der Waals surface area contributed by atoms with E-state index >= 15 is 0 Å². The first kappa shape index (κ1) is 21.5. The zero-order chi connectivity index (χ0) is 22.2. The molecule has 1 aliphatic heterocycles. The maximum absolute atomic E-state index is 13.9. The summed E-state index contributed by atoms with van der Waals surface area (Å²) in [5.74, 6) is -1.37. The number of thiazole rings is 1. The van der Waals surface area contributed by atoms with Crippen molar-refractivity contribution in [1.29, 1.82) is 0 Å². The van der Waals surface area contributed by atoms with Gasteiger partial charge in [0, 0.05) is 55.4 Å². The summed E-state index contributed by atoms with van der Waals surface area (Å²) in [5, 5.41) is 5.07. The number of nitrogens with zero attached hydrogens (tertiary/aromatic N) is 3. The zero-order valence-corrected chi connectivity index (χ0v) is 19.3. The fourth-order valence-corrected chi connectivity index (χ4v) is 6.30. The van der Waals surface area contributed by atoms with Gasteiger partial charge in [0.05, 0.1) is 9.72 Å². The number of amides is 1. The first-order valence-electron chi connectivity index (χ1n) is 10.2. The van der Waals surface area contributed by atoms with Crippen LogP contribution in [0.5, 0.6) is 0 Å². The number of hydrogen-bond donors (Lipinski definition) is 1. The van der Waals surface area contributed by atoms with E-state index in [1.54, 1.807) is 0 Å². The van der Waals surface area contributed by atoms with Gasteiger partial charge in [0.2, 0.25) is 0 Å². The predicted octanol–water partition coefficient (Wildman–Crippen LogP) is 4.99. The molecule has 1 saturated heterocycles. The number of nitrogens with one attached hydrogen (secondary N) is 1. The van der Waals surface area contributed by atoms with Crippen LogP contribution in [0.4, 0.5) is 13.9 Å². The van der Waals surface area contributed by atoms with Crippen LogP contribution in [-0.4, -0.2) is 55.1 Å². The summed E-state index contributed by atoms with van der Waals surface area (Å²) >= 11 is 9.09. The third kappa shape index (κ3) is 4.17. The van der Waals surface area contributed by atoms with Gasteiger partial charge in [-0.25, -0.2) is 13.8 Å². The molecule has 0 aliphatic carbocycles. The standard InChI is InChI=1S/C22H19ClF2N4OS2/c23-18-14-3-1-2-4-16(14)31-20(18)21(30)26-5-6-28-7-9-29(10-8-28)22-27-19-15(25)11-13(24)12-17(19)32-22/h1-4,11-12H,5-10H2,(H,26,30). The van der Waals surface area contributed by atoms with Crippen LogP contribution < -0.4 is 10.2 Å². The Morgan fingerprint density at radius 2 is 1.88 bits per heavy atom. The lowest BCUT2D eigenvalue weighted by molar-refractivity contribution is 0.0952. The minimum atomic E-state index is -0.629. The molecule has 5 rings (SSSR count). The van der Waals surface area contributed by atoms with Crippen molar-refractivity contribution in [2.24, 2.45) is 0 Å². The fraction of sp³-hybridized carbons (Fsp3) is 0.273. The van der Waals surface area contributed by atoms with E-state index in [-0.39, 0.29) is 11.4 Å². The molecule has 0 radical (unpaired) electrons. The van der Waals surface area contributed by atoms with Gasteiger partial charge in [-0.2, -0.15) is 0 Å². The number of hydrogen-bond acceptors (Lipinski definition) is 6. The Kier molecular flexibility index (Phi) is 5.98. The molecule has 166 valence electrons. The van der Waals surface area contributed by atoms with Crippen molar-refractivity contribution < 1.29 is 13.6 Å². The van der Waals surface area contributed by atoms with Gasteiger partial charge in [0.15, 0.2) is 10.9 Å². The number of rotatable bonds is 5. The number of carbonyl (C=O) groups excluding carboxylic acids is 1. The molecule has 10 heteroatoms. The molecule has 0 atom stereocenters. The summed E-state index contributed by atoms with van der Waals surface area (Å²) in [6, 6.07) is 9.90. The summed E-state index contributed by atoms with van der Waals surface area (Å²) in [6.07, 6.45) is 0. The Morgan fingerprint density at radius 1 is 1.09 bits per heavy atom. The Balaban J connectivity index is 1.14. The lowest BCUT2D eigenvalue weighted by atomic mass is 10.2. The zero-order valence-electron chi connectivity index (χ0n) is 16.9. The largest absolute Gasteiger partial charge is 0.350 e. The number of aromatic nitrogens is 1. The second kappa shape index (κ2) is 8.90. The number of benzene rings is 2. The van der Waals surface area contributed by atoms with Crippen molar-refractivity contribution in [2.45, 2.75) is 0 Å². The fourth-order valence-electron chi connectivity index (χ4n) is 3.81. The Hall–Kier alpha value is -2.33. The third-order valence-corrected chi connectivity index (χ3v) is 8.24. The maximum Gasteiger partial charge on any atom is 0.262 e. The molecule has 2 aromatic heterocycles. The minimum Gasteiger partial charge on any atom is -0.350 e. The first-order valence-corrected chi connectivity index (χ1v) is 12.2. The Labute approximate surface area is 196 Å². The van der Waals surface area contributed by atoms with Crippen molar-refractivity contribution >= 4 is 65.6 Å². The summed E-state index contributed by atoms with van der Waals surface area (Å²) in [7, 11) is 0. The van der Waals surface area contributed by atoms with E-state index in [2.05, 4.69) is 20.1 Å².